The molecule has 0 bridgehead atoms. The van der Waals surface area contributed by atoms with Crippen molar-refractivity contribution in [3.63, 3.8) is 0 Å². The number of hydrogen-bond donors (Lipinski definition) is 0. The first kappa shape index (κ1) is 32.9. The minimum Gasteiger partial charge on any atom is -0.343 e. The summed E-state index contributed by atoms with van der Waals surface area (Å²) in [6, 6.07) is 23.5. The van der Waals surface area contributed by atoms with Crippen molar-refractivity contribution < 1.29 is 37.5 Å². The Labute approximate surface area is 224 Å². The van der Waals surface area contributed by atoms with Crippen LogP contribution in [0.3, 0.4) is 0 Å². The van der Waals surface area contributed by atoms with Gasteiger partial charge < -0.3 is 6.92 Å². The molecule has 0 aliphatic heterocycles. The number of ketones is 1. The first-order valence-corrected chi connectivity index (χ1v) is 11.3. The number of nitrogens with zero attached hydrogens (tertiary/aromatic N) is 4. The summed E-state index contributed by atoms with van der Waals surface area (Å²) in [6.07, 6.45) is 2.78. The summed E-state index contributed by atoms with van der Waals surface area (Å²) in [7, 11) is 0. The van der Waals surface area contributed by atoms with Crippen LogP contribution in [0.25, 0.3) is 16.9 Å². The van der Waals surface area contributed by atoms with Crippen LogP contribution >= 0.6 is 0 Å². The molecule has 2 aromatic heterocycles. The topological polar surface area (TPSA) is 60.7 Å². The second kappa shape index (κ2) is 21.6. The predicted molar refractivity (Wildman–Crippen MR) is 135 cm³/mol. The Morgan fingerprint density at radius 1 is 0.909 bits per heavy atom. The number of fused-ring (bicyclic) bond motifs is 1. The van der Waals surface area contributed by atoms with Gasteiger partial charge in [0.2, 0.25) is 0 Å². The number of carbonyl (C=O) groups excluding carboxylic acids is 1. The van der Waals surface area contributed by atoms with E-state index in [-0.39, 0.29) is 38.5 Å². The van der Waals surface area contributed by atoms with Crippen LogP contribution in [0.5, 0.6) is 0 Å². The van der Waals surface area contributed by atoms with E-state index in [0.29, 0.717) is 24.1 Å². The van der Waals surface area contributed by atoms with E-state index in [0.717, 1.165) is 11.2 Å². The molecule has 0 unspecified atom stereocenters. The van der Waals surface area contributed by atoms with E-state index in [1.54, 1.807) is 23.0 Å². The second-order valence-electron chi connectivity index (χ2n) is 5.50. The first-order valence-electron chi connectivity index (χ1n) is 11.3. The van der Waals surface area contributed by atoms with Crippen LogP contribution in [-0.2, 0) is 32.7 Å². The molecule has 6 heteroatoms. The average molecular weight is 522 g/mol. The smallest absolute Gasteiger partial charge is 0.183 e. The minimum absolute atomic E-state index is 0. The molecule has 0 fully saturated rings. The SMILES string of the molecule is CC.CC.CC.[CH2-]CCC(=O)c1ccc(-n2nnc3cccnc32)cc1.[Y].[c-]1ccccc1. The van der Waals surface area contributed by atoms with Gasteiger partial charge in [-0.05, 0) is 42.8 Å². The monoisotopic (exact) mass is 521 g/mol. The largest absolute Gasteiger partial charge is 0.343 e. The van der Waals surface area contributed by atoms with Crippen LogP contribution in [0.2, 0.25) is 0 Å². The Morgan fingerprint density at radius 2 is 1.52 bits per heavy atom. The maximum Gasteiger partial charge on any atom is 0.183 e. The molecule has 0 amide bonds. The second-order valence-corrected chi connectivity index (χ2v) is 5.50. The fourth-order valence-corrected chi connectivity index (χ4v) is 2.37. The summed E-state index contributed by atoms with van der Waals surface area (Å²) < 4.78 is 1.66. The number of carbonyl (C=O) groups is 1. The summed E-state index contributed by atoms with van der Waals surface area (Å²) in [4.78, 5) is 16.0. The van der Waals surface area contributed by atoms with E-state index in [2.05, 4.69) is 28.3 Å². The molecule has 0 atom stereocenters. The molecule has 2 aromatic carbocycles. The molecule has 4 rings (SSSR count). The quantitative estimate of drug-likeness (QED) is 0.211. The molecular weight excluding hydrogens is 485 g/mol. The standard InChI is InChI=1S/C15H13N4O.C6H5.3C2H6.Y/c1-2-4-14(20)11-6-8-12(9-7-11)19-15-13(17-18-19)5-3-10-16-15;1-2-4-6-5-3-1;3*1-2;/h3,5-10H,1-2,4H2;1-5H;3*1-2H3;/q2*-1;;;;. The zero-order valence-corrected chi connectivity index (χ0v) is 23.7. The van der Waals surface area contributed by atoms with Crippen molar-refractivity contribution in [1.82, 2.24) is 20.0 Å². The van der Waals surface area contributed by atoms with Gasteiger partial charge in [-0.15, -0.1) is 5.10 Å². The third-order valence-electron chi connectivity index (χ3n) is 3.65. The van der Waals surface area contributed by atoms with Gasteiger partial charge in [-0.3, -0.25) is 4.79 Å². The number of aromatic nitrogens is 4. The third kappa shape index (κ3) is 11.4. The maximum absolute atomic E-state index is 11.8. The summed E-state index contributed by atoms with van der Waals surface area (Å²) in [5, 5.41) is 8.14. The van der Waals surface area contributed by atoms with Gasteiger partial charge in [0.1, 0.15) is 5.52 Å². The summed E-state index contributed by atoms with van der Waals surface area (Å²) >= 11 is 0. The predicted octanol–water partition coefficient (Wildman–Crippen LogP) is 7.18. The molecule has 2 heterocycles. The molecule has 0 saturated carbocycles. The Balaban J connectivity index is 0. The molecule has 1 radical (unpaired) electrons. The van der Waals surface area contributed by atoms with Gasteiger partial charge in [0.05, 0.1) is 5.69 Å². The molecule has 0 N–H and O–H groups in total. The fraction of sp³-hybridized carbons (Fsp3) is 0.296. The van der Waals surface area contributed by atoms with Crippen molar-refractivity contribution in [2.24, 2.45) is 0 Å². The van der Waals surface area contributed by atoms with Crippen molar-refractivity contribution >= 4 is 16.9 Å². The van der Waals surface area contributed by atoms with Gasteiger partial charge in [0.15, 0.2) is 11.4 Å². The first-order chi connectivity index (χ1) is 15.8. The average Bonchev–Trinajstić information content (AvgIpc) is 3.34. The van der Waals surface area contributed by atoms with E-state index in [4.69, 9.17) is 0 Å². The van der Waals surface area contributed by atoms with Gasteiger partial charge >= 0.3 is 0 Å². The van der Waals surface area contributed by atoms with Crippen molar-refractivity contribution in [1.29, 1.82) is 0 Å². The Morgan fingerprint density at radius 3 is 2.00 bits per heavy atom. The molecular formula is C27H36N4OY-2. The summed E-state index contributed by atoms with van der Waals surface area (Å²) in [5.74, 6) is 0.105. The van der Waals surface area contributed by atoms with Gasteiger partial charge in [0, 0.05) is 44.5 Å². The van der Waals surface area contributed by atoms with E-state index in [1.165, 1.54) is 0 Å². The number of hydrogen-bond acceptors (Lipinski definition) is 4. The van der Waals surface area contributed by atoms with Crippen LogP contribution in [-0.4, -0.2) is 25.8 Å². The zero-order valence-electron chi connectivity index (χ0n) is 20.8. The Kier molecular flexibility index (Phi) is 21.6. The Hall–Kier alpha value is -2.24. The van der Waals surface area contributed by atoms with Gasteiger partial charge in [-0.2, -0.15) is 47.5 Å². The van der Waals surface area contributed by atoms with Gasteiger partial charge in [0.25, 0.3) is 0 Å². The van der Waals surface area contributed by atoms with Gasteiger partial charge in [-0.1, -0.05) is 46.8 Å². The Bertz CT molecular complexity index is 944. The molecule has 0 aliphatic carbocycles. The number of rotatable bonds is 4. The third-order valence-corrected chi connectivity index (χ3v) is 3.65. The summed E-state index contributed by atoms with van der Waals surface area (Å²) in [5.41, 5.74) is 2.96. The molecule has 0 saturated heterocycles. The van der Waals surface area contributed by atoms with Crippen molar-refractivity contribution in [2.45, 2.75) is 54.4 Å². The minimum atomic E-state index is 0. The normalized spacial score (nSPS) is 8.58. The van der Waals surface area contributed by atoms with Crippen molar-refractivity contribution in [3.8, 4) is 5.69 Å². The number of pyridine rings is 1. The molecule has 5 nitrogen and oxygen atoms in total. The van der Waals surface area contributed by atoms with Crippen LogP contribution < -0.4 is 0 Å². The zero-order chi connectivity index (χ0) is 24.2. The van der Waals surface area contributed by atoms with Crippen molar-refractivity contribution in [2.75, 3.05) is 0 Å². The van der Waals surface area contributed by atoms with E-state index >= 15 is 0 Å². The molecule has 4 aromatic rings. The van der Waals surface area contributed by atoms with Crippen LogP contribution in [0.1, 0.15) is 64.7 Å². The van der Waals surface area contributed by atoms with Crippen LogP contribution in [0, 0.1) is 13.0 Å². The van der Waals surface area contributed by atoms with E-state index in [1.807, 2.05) is 96.1 Å². The van der Waals surface area contributed by atoms with Gasteiger partial charge in [-0.25, -0.2) is 4.98 Å². The van der Waals surface area contributed by atoms with Crippen LogP contribution in [0.15, 0.2) is 72.9 Å². The number of Topliss-reactive ketones (excluding diaryl/α,β-unsaturated/α-hetero) is 1. The molecule has 33 heavy (non-hydrogen) atoms. The molecule has 175 valence electrons. The van der Waals surface area contributed by atoms with Crippen LogP contribution in [0.4, 0.5) is 0 Å². The van der Waals surface area contributed by atoms with E-state index in [9.17, 15) is 4.79 Å². The van der Waals surface area contributed by atoms with E-state index < -0.39 is 0 Å². The molecule has 0 spiro atoms. The number of benzene rings is 2. The van der Waals surface area contributed by atoms with Crippen molar-refractivity contribution in [3.05, 3.63) is 91.5 Å². The fourth-order valence-electron chi connectivity index (χ4n) is 2.37. The molecule has 0 aliphatic rings. The maximum atomic E-state index is 11.8. The summed E-state index contributed by atoms with van der Waals surface area (Å²) in [6.45, 7) is 15.7.